The van der Waals surface area contributed by atoms with Crippen molar-refractivity contribution in [1.82, 2.24) is 0 Å². The van der Waals surface area contributed by atoms with Crippen molar-refractivity contribution in [3.05, 3.63) is 57.8 Å². The van der Waals surface area contributed by atoms with Crippen LogP contribution in [0, 0.1) is 12.7 Å². The van der Waals surface area contributed by atoms with E-state index in [9.17, 15) is 14.0 Å². The number of amides is 2. The molecule has 2 aromatic carbocycles. The average Bonchev–Trinajstić information content (AvgIpc) is 2.72. The molecular weight excluding hydrogens is 387 g/mol. The predicted molar refractivity (Wildman–Crippen MR) is 99.2 cm³/mol. The van der Waals surface area contributed by atoms with E-state index in [1.54, 1.807) is 6.92 Å². The van der Waals surface area contributed by atoms with Crippen molar-refractivity contribution in [2.45, 2.75) is 26.2 Å². The van der Waals surface area contributed by atoms with Gasteiger partial charge in [-0.2, -0.15) is 0 Å². The van der Waals surface area contributed by atoms with Crippen molar-refractivity contribution in [1.29, 1.82) is 0 Å². The molecule has 2 aromatic rings. The van der Waals surface area contributed by atoms with Crippen LogP contribution in [0.1, 0.15) is 24.0 Å². The predicted octanol–water partition coefficient (Wildman–Crippen LogP) is 4.20. The number of para-hydroxylation sites is 1. The highest BCUT2D eigenvalue weighted by atomic mass is 79.9. The lowest BCUT2D eigenvalue weighted by Crippen LogP contribution is -2.37. The number of rotatable bonds is 3. The van der Waals surface area contributed by atoms with Crippen molar-refractivity contribution < 1.29 is 14.0 Å². The Hall–Kier alpha value is -2.21. The molecule has 0 saturated heterocycles. The van der Waals surface area contributed by atoms with Crippen molar-refractivity contribution in [2.24, 2.45) is 0 Å². The van der Waals surface area contributed by atoms with Crippen LogP contribution in [0.5, 0.6) is 0 Å². The molecule has 0 aromatic heterocycles. The van der Waals surface area contributed by atoms with E-state index in [0.717, 1.165) is 24.1 Å². The smallest absolute Gasteiger partial charge is 0.244 e. The molecular formula is C19H18BrFN2O2. The van der Waals surface area contributed by atoms with Crippen molar-refractivity contribution in [3.63, 3.8) is 0 Å². The van der Waals surface area contributed by atoms with E-state index >= 15 is 0 Å². The van der Waals surface area contributed by atoms with Gasteiger partial charge < -0.3 is 10.2 Å². The third kappa shape index (κ3) is 3.90. The molecule has 4 nitrogen and oxygen atoms in total. The van der Waals surface area contributed by atoms with Crippen LogP contribution in [0.25, 0.3) is 0 Å². The number of hydrogen-bond acceptors (Lipinski definition) is 2. The second kappa shape index (κ2) is 7.35. The molecule has 6 heteroatoms. The van der Waals surface area contributed by atoms with E-state index in [4.69, 9.17) is 0 Å². The highest BCUT2D eigenvalue weighted by molar-refractivity contribution is 9.10. The summed E-state index contributed by atoms with van der Waals surface area (Å²) in [4.78, 5) is 26.4. The molecule has 0 aliphatic carbocycles. The van der Waals surface area contributed by atoms with E-state index in [-0.39, 0.29) is 28.6 Å². The molecule has 0 saturated carbocycles. The Balaban J connectivity index is 1.80. The van der Waals surface area contributed by atoms with E-state index < -0.39 is 0 Å². The number of hydrogen-bond donors (Lipinski definition) is 1. The lowest BCUT2D eigenvalue weighted by molar-refractivity contribution is -0.121. The van der Waals surface area contributed by atoms with Gasteiger partial charge in [0.15, 0.2) is 0 Å². The number of nitrogens with one attached hydrogen (secondary N) is 1. The van der Waals surface area contributed by atoms with Gasteiger partial charge in [-0.3, -0.25) is 9.59 Å². The Kier molecular flexibility index (Phi) is 5.18. The van der Waals surface area contributed by atoms with Crippen LogP contribution in [0.15, 0.2) is 40.9 Å². The van der Waals surface area contributed by atoms with Crippen LogP contribution >= 0.6 is 15.9 Å². The topological polar surface area (TPSA) is 49.4 Å². The largest absolute Gasteiger partial charge is 0.324 e. The fraction of sp³-hybridized carbons (Fsp3) is 0.263. The van der Waals surface area contributed by atoms with Crippen LogP contribution in [-0.4, -0.2) is 18.4 Å². The summed E-state index contributed by atoms with van der Waals surface area (Å²) in [6, 6.07) is 10.5. The number of anilines is 2. The van der Waals surface area contributed by atoms with Gasteiger partial charge in [-0.15, -0.1) is 0 Å². The average molecular weight is 405 g/mol. The summed E-state index contributed by atoms with van der Waals surface area (Å²) in [6.07, 6.45) is 2.02. The Morgan fingerprint density at radius 1 is 1.28 bits per heavy atom. The highest BCUT2D eigenvalue weighted by Gasteiger charge is 2.24. The number of fused-ring (bicyclic) bond motifs is 1. The first kappa shape index (κ1) is 17.6. The molecule has 0 radical (unpaired) electrons. The summed E-state index contributed by atoms with van der Waals surface area (Å²) < 4.78 is 13.8. The molecule has 25 heavy (non-hydrogen) atoms. The van der Waals surface area contributed by atoms with Gasteiger partial charge in [0.05, 0.1) is 4.47 Å². The third-order valence-corrected chi connectivity index (χ3v) is 4.87. The third-order valence-electron chi connectivity index (χ3n) is 4.26. The van der Waals surface area contributed by atoms with Crippen molar-refractivity contribution in [2.75, 3.05) is 16.8 Å². The molecule has 3 rings (SSSR count). The van der Waals surface area contributed by atoms with Gasteiger partial charge in [0.25, 0.3) is 0 Å². The van der Waals surface area contributed by atoms with E-state index in [2.05, 4.69) is 21.2 Å². The Morgan fingerprint density at radius 3 is 2.84 bits per heavy atom. The minimum atomic E-state index is -0.382. The summed E-state index contributed by atoms with van der Waals surface area (Å²) in [5.74, 6) is -0.754. The molecule has 0 atom stereocenters. The quantitative estimate of drug-likeness (QED) is 0.832. The zero-order chi connectivity index (χ0) is 18.0. The number of carbonyl (C=O) groups excluding carboxylic acids is 2. The Morgan fingerprint density at radius 2 is 2.04 bits per heavy atom. The maximum absolute atomic E-state index is 13.5. The van der Waals surface area contributed by atoms with Crippen LogP contribution in [0.3, 0.4) is 0 Å². The van der Waals surface area contributed by atoms with Gasteiger partial charge >= 0.3 is 0 Å². The van der Waals surface area contributed by atoms with Crippen molar-refractivity contribution in [3.8, 4) is 0 Å². The summed E-state index contributed by atoms with van der Waals surface area (Å²) in [5.41, 5.74) is 3.00. The van der Waals surface area contributed by atoms with Crippen LogP contribution in [-0.2, 0) is 16.0 Å². The van der Waals surface area contributed by atoms with Gasteiger partial charge in [0.2, 0.25) is 11.8 Å². The Bertz CT molecular complexity index is 838. The number of nitrogens with zero attached hydrogens (tertiary/aromatic N) is 1. The summed E-state index contributed by atoms with van der Waals surface area (Å²) in [5, 5.41) is 2.77. The van der Waals surface area contributed by atoms with Gasteiger partial charge in [0, 0.05) is 17.8 Å². The van der Waals surface area contributed by atoms with E-state index in [1.165, 1.54) is 17.0 Å². The maximum Gasteiger partial charge on any atom is 0.244 e. The van der Waals surface area contributed by atoms with Crippen LogP contribution in [0.2, 0.25) is 0 Å². The summed E-state index contributed by atoms with van der Waals surface area (Å²) >= 11 is 3.12. The van der Waals surface area contributed by atoms with E-state index in [1.807, 2.05) is 24.3 Å². The lowest BCUT2D eigenvalue weighted by Gasteiger charge is -2.22. The monoisotopic (exact) mass is 404 g/mol. The molecule has 0 bridgehead atoms. The molecule has 1 N–H and O–H groups in total. The molecule has 130 valence electrons. The van der Waals surface area contributed by atoms with Crippen molar-refractivity contribution >= 4 is 39.1 Å². The summed E-state index contributed by atoms with van der Waals surface area (Å²) in [7, 11) is 0. The molecule has 0 spiro atoms. The zero-order valence-corrected chi connectivity index (χ0v) is 15.4. The van der Waals surface area contributed by atoms with Gasteiger partial charge in [-0.25, -0.2) is 4.39 Å². The zero-order valence-electron chi connectivity index (χ0n) is 13.8. The number of aryl methyl sites for hydroxylation is 2. The molecule has 2 amide bonds. The second-order valence-electron chi connectivity index (χ2n) is 6.09. The SMILES string of the molecule is Cc1cc(F)c(Br)cc1NC(=O)CN1C(=O)CCCc2ccccc21. The number of benzene rings is 2. The molecule has 1 aliphatic rings. The number of halogens is 2. The first-order valence-corrected chi connectivity index (χ1v) is 8.89. The van der Waals surface area contributed by atoms with Gasteiger partial charge in [0.1, 0.15) is 12.4 Å². The Labute approximate surface area is 154 Å². The lowest BCUT2D eigenvalue weighted by atomic mass is 10.1. The first-order valence-electron chi connectivity index (χ1n) is 8.09. The fourth-order valence-electron chi connectivity index (χ4n) is 2.97. The fourth-order valence-corrected chi connectivity index (χ4v) is 3.32. The molecule has 0 fully saturated rings. The van der Waals surface area contributed by atoms with Crippen LogP contribution in [0.4, 0.5) is 15.8 Å². The minimum Gasteiger partial charge on any atom is -0.324 e. The van der Waals surface area contributed by atoms with E-state index in [0.29, 0.717) is 17.7 Å². The first-order chi connectivity index (χ1) is 12.0. The molecule has 1 heterocycles. The standard InChI is InChI=1S/C19H18BrFN2O2/c1-12-9-15(21)14(20)10-16(12)22-18(24)11-23-17-7-3-2-5-13(17)6-4-8-19(23)25/h2-3,5,7,9-10H,4,6,8,11H2,1H3,(H,22,24). The van der Waals surface area contributed by atoms with Crippen LogP contribution < -0.4 is 10.2 Å². The van der Waals surface area contributed by atoms with Gasteiger partial charge in [-0.05, 0) is 65.0 Å². The minimum absolute atomic E-state index is 0.0582. The molecule has 1 aliphatic heterocycles. The summed E-state index contributed by atoms with van der Waals surface area (Å²) in [6.45, 7) is 1.65. The number of carbonyl (C=O) groups is 2. The van der Waals surface area contributed by atoms with Gasteiger partial charge in [-0.1, -0.05) is 18.2 Å². The second-order valence-corrected chi connectivity index (χ2v) is 6.95. The maximum atomic E-state index is 13.5. The highest BCUT2D eigenvalue weighted by Crippen LogP contribution is 2.27. The normalized spacial score (nSPS) is 14.0. The molecule has 0 unspecified atom stereocenters.